The molecule has 2 N–H and O–H groups in total. The molecule has 0 saturated carbocycles. The summed E-state index contributed by atoms with van der Waals surface area (Å²) in [5.74, 6) is 2.54. The lowest BCUT2D eigenvalue weighted by atomic mass is 9.88. The van der Waals surface area contributed by atoms with Gasteiger partial charge in [-0.15, -0.1) is 0 Å². The number of aliphatic hydroxyl groups is 1. The Morgan fingerprint density at radius 1 is 1.00 bits per heavy atom. The number of hydrogen-bond donors (Lipinski definition) is 2. The van der Waals surface area contributed by atoms with E-state index >= 15 is 0 Å². The van der Waals surface area contributed by atoms with Gasteiger partial charge in [-0.25, -0.2) is 0 Å². The van der Waals surface area contributed by atoms with Gasteiger partial charge in [0.25, 0.3) is 0 Å². The molecule has 0 spiro atoms. The second kappa shape index (κ2) is 9.46. The Balaban J connectivity index is 1.41. The Labute approximate surface area is 154 Å². The standard InChI is InChI=1S/C21H27NO4/c1-24-20-5-2-3-6-21(20)26-14-4-13-25-17-9-7-16(8-10-17)18-11-12-22-15-19(18)23/h2-3,5-10,18-19,22-23H,4,11-15H2,1H3. The summed E-state index contributed by atoms with van der Waals surface area (Å²) in [7, 11) is 1.64. The molecule has 26 heavy (non-hydrogen) atoms. The van der Waals surface area contributed by atoms with Gasteiger partial charge >= 0.3 is 0 Å². The lowest BCUT2D eigenvalue weighted by Gasteiger charge is -2.28. The Morgan fingerprint density at radius 2 is 1.73 bits per heavy atom. The number of piperidine rings is 1. The first-order valence-corrected chi connectivity index (χ1v) is 9.15. The van der Waals surface area contributed by atoms with E-state index in [0.717, 1.165) is 36.6 Å². The number of ether oxygens (including phenoxy) is 3. The highest BCUT2D eigenvalue weighted by Gasteiger charge is 2.24. The minimum Gasteiger partial charge on any atom is -0.493 e. The third-order valence-electron chi connectivity index (χ3n) is 4.64. The van der Waals surface area contributed by atoms with Crippen LogP contribution in [-0.4, -0.2) is 44.6 Å². The van der Waals surface area contributed by atoms with E-state index in [2.05, 4.69) is 17.4 Å². The zero-order chi connectivity index (χ0) is 18.2. The van der Waals surface area contributed by atoms with Crippen molar-refractivity contribution < 1.29 is 19.3 Å². The van der Waals surface area contributed by atoms with Crippen molar-refractivity contribution in [1.82, 2.24) is 5.32 Å². The van der Waals surface area contributed by atoms with Crippen molar-refractivity contribution in [1.29, 1.82) is 0 Å². The van der Waals surface area contributed by atoms with E-state index in [4.69, 9.17) is 14.2 Å². The van der Waals surface area contributed by atoms with E-state index in [0.29, 0.717) is 19.8 Å². The van der Waals surface area contributed by atoms with Gasteiger partial charge in [0, 0.05) is 18.9 Å². The predicted molar refractivity (Wildman–Crippen MR) is 101 cm³/mol. The van der Waals surface area contributed by atoms with Crippen LogP contribution in [-0.2, 0) is 0 Å². The number of benzene rings is 2. The molecule has 0 aliphatic carbocycles. The quantitative estimate of drug-likeness (QED) is 0.711. The van der Waals surface area contributed by atoms with Crippen LogP contribution in [0.1, 0.15) is 24.3 Å². The summed E-state index contributed by atoms with van der Waals surface area (Å²) >= 11 is 0. The third-order valence-corrected chi connectivity index (χ3v) is 4.64. The SMILES string of the molecule is COc1ccccc1OCCCOc1ccc(C2CCNCC2O)cc1. The van der Waals surface area contributed by atoms with E-state index in [1.54, 1.807) is 7.11 Å². The second-order valence-electron chi connectivity index (χ2n) is 6.44. The van der Waals surface area contributed by atoms with E-state index in [9.17, 15) is 5.11 Å². The van der Waals surface area contributed by atoms with Crippen LogP contribution in [0.4, 0.5) is 0 Å². The number of nitrogens with one attached hydrogen (secondary N) is 1. The number of rotatable bonds is 8. The molecule has 1 saturated heterocycles. The maximum atomic E-state index is 10.1. The Kier molecular flexibility index (Phi) is 6.75. The van der Waals surface area contributed by atoms with Gasteiger partial charge < -0.3 is 24.6 Å². The molecule has 1 aliphatic heterocycles. The van der Waals surface area contributed by atoms with E-state index < -0.39 is 0 Å². The van der Waals surface area contributed by atoms with Gasteiger partial charge in [0.2, 0.25) is 0 Å². The maximum Gasteiger partial charge on any atom is 0.161 e. The fourth-order valence-electron chi connectivity index (χ4n) is 3.21. The summed E-state index contributed by atoms with van der Waals surface area (Å²) < 4.78 is 16.8. The monoisotopic (exact) mass is 357 g/mol. The van der Waals surface area contributed by atoms with Crippen LogP contribution < -0.4 is 19.5 Å². The van der Waals surface area contributed by atoms with Gasteiger partial charge in [0.15, 0.2) is 11.5 Å². The summed E-state index contributed by atoms with van der Waals surface area (Å²) in [6.07, 6.45) is 1.43. The molecular formula is C21H27NO4. The normalized spacial score (nSPS) is 19.8. The molecule has 2 aromatic carbocycles. The van der Waals surface area contributed by atoms with Gasteiger partial charge in [0.1, 0.15) is 5.75 Å². The molecule has 0 aromatic heterocycles. The fourth-order valence-corrected chi connectivity index (χ4v) is 3.21. The van der Waals surface area contributed by atoms with Crippen LogP contribution in [0, 0.1) is 0 Å². The molecular weight excluding hydrogens is 330 g/mol. The van der Waals surface area contributed by atoms with Gasteiger partial charge in [-0.1, -0.05) is 24.3 Å². The van der Waals surface area contributed by atoms with Crippen molar-refractivity contribution in [2.45, 2.75) is 24.9 Å². The molecule has 0 bridgehead atoms. The fraction of sp³-hybridized carbons (Fsp3) is 0.429. The molecule has 1 heterocycles. The predicted octanol–water partition coefficient (Wildman–Crippen LogP) is 2.98. The summed E-state index contributed by atoms with van der Waals surface area (Å²) in [5, 5.41) is 13.3. The molecule has 2 atom stereocenters. The molecule has 2 unspecified atom stereocenters. The summed E-state index contributed by atoms with van der Waals surface area (Å²) in [6, 6.07) is 15.7. The van der Waals surface area contributed by atoms with E-state index in [1.165, 1.54) is 5.56 Å². The van der Waals surface area contributed by atoms with Crippen LogP contribution in [0.2, 0.25) is 0 Å². The molecule has 3 rings (SSSR count). The average Bonchev–Trinajstić information content (AvgIpc) is 2.69. The molecule has 5 heteroatoms. The Morgan fingerprint density at radius 3 is 2.46 bits per heavy atom. The summed E-state index contributed by atoms with van der Waals surface area (Å²) in [5.41, 5.74) is 1.17. The lowest BCUT2D eigenvalue weighted by molar-refractivity contribution is 0.118. The lowest BCUT2D eigenvalue weighted by Crippen LogP contribution is -2.39. The molecule has 1 aliphatic rings. The van der Waals surface area contributed by atoms with Gasteiger partial charge in [-0.3, -0.25) is 0 Å². The van der Waals surface area contributed by atoms with E-state index in [1.807, 2.05) is 36.4 Å². The third kappa shape index (κ3) is 4.90. The first-order valence-electron chi connectivity index (χ1n) is 9.15. The maximum absolute atomic E-state index is 10.1. The summed E-state index contributed by atoms with van der Waals surface area (Å²) in [6.45, 7) is 2.77. The average molecular weight is 357 g/mol. The highest BCUT2D eigenvalue weighted by Crippen LogP contribution is 2.27. The van der Waals surface area contributed by atoms with Gasteiger partial charge in [-0.05, 0) is 42.8 Å². The minimum absolute atomic E-state index is 0.208. The number of hydrogen-bond acceptors (Lipinski definition) is 5. The molecule has 0 amide bonds. The first kappa shape index (κ1) is 18.5. The van der Waals surface area contributed by atoms with Crippen LogP contribution >= 0.6 is 0 Å². The first-order chi connectivity index (χ1) is 12.8. The minimum atomic E-state index is -0.317. The number of para-hydroxylation sites is 2. The molecule has 0 radical (unpaired) electrons. The second-order valence-corrected chi connectivity index (χ2v) is 6.44. The smallest absolute Gasteiger partial charge is 0.161 e. The van der Waals surface area contributed by atoms with Crippen LogP contribution in [0.5, 0.6) is 17.2 Å². The zero-order valence-corrected chi connectivity index (χ0v) is 15.2. The van der Waals surface area contributed by atoms with Crippen molar-refractivity contribution in [3.63, 3.8) is 0 Å². The van der Waals surface area contributed by atoms with Crippen molar-refractivity contribution in [2.24, 2.45) is 0 Å². The number of aliphatic hydroxyl groups excluding tert-OH is 1. The summed E-state index contributed by atoms with van der Waals surface area (Å²) in [4.78, 5) is 0. The van der Waals surface area contributed by atoms with Crippen LogP contribution in [0.3, 0.4) is 0 Å². The topological polar surface area (TPSA) is 60.0 Å². The highest BCUT2D eigenvalue weighted by atomic mass is 16.5. The van der Waals surface area contributed by atoms with Crippen molar-refractivity contribution in [3.8, 4) is 17.2 Å². The van der Waals surface area contributed by atoms with Crippen LogP contribution in [0.15, 0.2) is 48.5 Å². The Hall–Kier alpha value is -2.24. The van der Waals surface area contributed by atoms with E-state index in [-0.39, 0.29) is 12.0 Å². The zero-order valence-electron chi connectivity index (χ0n) is 15.2. The highest BCUT2D eigenvalue weighted by molar-refractivity contribution is 5.39. The number of β-amino-alcohol motifs (C(OH)–C–C–N with tert-alkyl or cyclic N) is 1. The van der Waals surface area contributed by atoms with Crippen LogP contribution in [0.25, 0.3) is 0 Å². The molecule has 2 aromatic rings. The largest absolute Gasteiger partial charge is 0.493 e. The van der Waals surface area contributed by atoms with Crippen molar-refractivity contribution >= 4 is 0 Å². The van der Waals surface area contributed by atoms with Crippen molar-refractivity contribution in [3.05, 3.63) is 54.1 Å². The molecule has 1 fully saturated rings. The number of methoxy groups -OCH3 is 1. The van der Waals surface area contributed by atoms with Gasteiger partial charge in [-0.2, -0.15) is 0 Å². The molecule has 5 nitrogen and oxygen atoms in total. The van der Waals surface area contributed by atoms with Crippen molar-refractivity contribution in [2.75, 3.05) is 33.4 Å². The Bertz CT molecular complexity index is 674. The molecule has 140 valence electrons. The van der Waals surface area contributed by atoms with Gasteiger partial charge in [0.05, 0.1) is 26.4 Å².